The van der Waals surface area contributed by atoms with Crippen molar-refractivity contribution < 1.29 is 9.53 Å². The lowest BCUT2D eigenvalue weighted by Crippen LogP contribution is -2.09. The number of nitrogen functional groups attached to an aromatic ring is 2. The van der Waals surface area contributed by atoms with Crippen LogP contribution in [0.1, 0.15) is 15.9 Å². The van der Waals surface area contributed by atoms with Gasteiger partial charge in [0.15, 0.2) is 0 Å². The number of hydrogen-bond donors (Lipinski definition) is 2. The molecular formula is C13H16N4O2. The molecule has 0 bridgehead atoms. The van der Waals surface area contributed by atoms with Crippen LogP contribution in [0.25, 0.3) is 0 Å². The van der Waals surface area contributed by atoms with E-state index in [1.807, 2.05) is 13.2 Å². The minimum absolute atomic E-state index is 0.291. The van der Waals surface area contributed by atoms with Crippen LogP contribution < -0.4 is 11.5 Å². The van der Waals surface area contributed by atoms with Crippen LogP contribution in [0.4, 0.5) is 11.4 Å². The molecule has 0 spiro atoms. The largest absolute Gasteiger partial charge is 0.462 e. The molecule has 1 heterocycles. The van der Waals surface area contributed by atoms with Crippen molar-refractivity contribution in [2.45, 2.75) is 6.42 Å². The fourth-order valence-electron chi connectivity index (χ4n) is 1.74. The van der Waals surface area contributed by atoms with Crippen LogP contribution in [0.3, 0.4) is 0 Å². The molecule has 0 aliphatic rings. The van der Waals surface area contributed by atoms with Crippen LogP contribution in [0.15, 0.2) is 30.6 Å². The number of nitrogens with zero attached hydrogens (tertiary/aromatic N) is 2. The Balaban J connectivity index is 1.90. The highest BCUT2D eigenvalue weighted by Crippen LogP contribution is 2.14. The molecule has 0 saturated heterocycles. The predicted molar refractivity (Wildman–Crippen MR) is 72.5 cm³/mol. The molecule has 19 heavy (non-hydrogen) atoms. The number of hydrogen-bond acceptors (Lipinski definition) is 5. The second-order valence-corrected chi connectivity index (χ2v) is 4.30. The number of aryl methyl sites for hydroxylation is 1. The molecule has 0 atom stereocenters. The van der Waals surface area contributed by atoms with Crippen molar-refractivity contribution in [1.82, 2.24) is 9.78 Å². The number of esters is 1. The Morgan fingerprint density at radius 1 is 1.32 bits per heavy atom. The monoisotopic (exact) mass is 260 g/mol. The minimum Gasteiger partial charge on any atom is -0.462 e. The van der Waals surface area contributed by atoms with Gasteiger partial charge < -0.3 is 16.2 Å². The topological polar surface area (TPSA) is 96.2 Å². The third kappa shape index (κ3) is 3.48. The first-order valence-corrected chi connectivity index (χ1v) is 5.85. The van der Waals surface area contributed by atoms with Crippen LogP contribution in [0.5, 0.6) is 0 Å². The average molecular weight is 260 g/mol. The zero-order valence-electron chi connectivity index (χ0n) is 10.7. The van der Waals surface area contributed by atoms with E-state index in [2.05, 4.69) is 5.10 Å². The second-order valence-electron chi connectivity index (χ2n) is 4.30. The molecule has 0 unspecified atom stereocenters. The van der Waals surface area contributed by atoms with E-state index in [-0.39, 0.29) is 0 Å². The van der Waals surface area contributed by atoms with Gasteiger partial charge in [-0.1, -0.05) is 0 Å². The quantitative estimate of drug-likeness (QED) is 0.631. The van der Waals surface area contributed by atoms with Crippen LogP contribution in [0, 0.1) is 0 Å². The van der Waals surface area contributed by atoms with Gasteiger partial charge in [-0.25, -0.2) is 4.79 Å². The summed E-state index contributed by atoms with van der Waals surface area (Å²) < 4.78 is 6.87. The number of anilines is 2. The minimum atomic E-state index is -0.428. The van der Waals surface area contributed by atoms with Crippen molar-refractivity contribution in [1.29, 1.82) is 0 Å². The van der Waals surface area contributed by atoms with E-state index in [9.17, 15) is 4.79 Å². The normalized spacial score (nSPS) is 10.4. The van der Waals surface area contributed by atoms with Gasteiger partial charge in [-0.05, 0) is 23.8 Å². The van der Waals surface area contributed by atoms with Crippen molar-refractivity contribution in [3.63, 3.8) is 0 Å². The molecule has 0 fully saturated rings. The Hall–Kier alpha value is -2.50. The standard InChI is InChI=1S/C13H16N4O2/c1-17-8-9(7-16-17)2-3-19-13(18)10-4-11(14)6-12(15)5-10/h4-8H,2-3,14-15H2,1H3. The highest BCUT2D eigenvalue weighted by molar-refractivity contribution is 5.91. The Bertz CT molecular complexity index is 572. The van der Waals surface area contributed by atoms with Gasteiger partial charge >= 0.3 is 5.97 Å². The highest BCUT2D eigenvalue weighted by atomic mass is 16.5. The van der Waals surface area contributed by atoms with Crippen molar-refractivity contribution in [3.05, 3.63) is 41.7 Å². The third-order valence-corrected chi connectivity index (χ3v) is 2.60. The van der Waals surface area contributed by atoms with Crippen molar-refractivity contribution >= 4 is 17.3 Å². The molecule has 0 aliphatic heterocycles. The molecule has 0 aliphatic carbocycles. The summed E-state index contributed by atoms with van der Waals surface area (Å²) in [5.74, 6) is -0.428. The molecule has 0 amide bonds. The zero-order chi connectivity index (χ0) is 13.8. The summed E-state index contributed by atoms with van der Waals surface area (Å²) in [6, 6.07) is 4.68. The second kappa shape index (κ2) is 5.43. The predicted octanol–water partition coefficient (Wildman–Crippen LogP) is 0.984. The van der Waals surface area contributed by atoms with Crippen molar-refractivity contribution in [3.8, 4) is 0 Å². The SMILES string of the molecule is Cn1cc(CCOC(=O)c2cc(N)cc(N)c2)cn1. The molecule has 0 radical (unpaired) electrons. The van der Waals surface area contributed by atoms with Crippen LogP contribution >= 0.6 is 0 Å². The first kappa shape index (κ1) is 12.9. The Kier molecular flexibility index (Phi) is 3.70. The van der Waals surface area contributed by atoms with Gasteiger partial charge in [0.25, 0.3) is 0 Å². The van der Waals surface area contributed by atoms with Gasteiger partial charge in [0.2, 0.25) is 0 Å². The van der Waals surface area contributed by atoms with Gasteiger partial charge in [-0.15, -0.1) is 0 Å². The lowest BCUT2D eigenvalue weighted by Gasteiger charge is -2.05. The third-order valence-electron chi connectivity index (χ3n) is 2.60. The maximum Gasteiger partial charge on any atom is 0.338 e. The van der Waals surface area contributed by atoms with E-state index in [1.165, 1.54) is 0 Å². The Labute approximate surface area is 111 Å². The number of nitrogens with two attached hydrogens (primary N) is 2. The fourth-order valence-corrected chi connectivity index (χ4v) is 1.74. The fraction of sp³-hybridized carbons (Fsp3) is 0.231. The zero-order valence-corrected chi connectivity index (χ0v) is 10.7. The summed E-state index contributed by atoms with van der Waals surface area (Å²) in [6.07, 6.45) is 4.25. The highest BCUT2D eigenvalue weighted by Gasteiger charge is 2.09. The first-order chi connectivity index (χ1) is 9.04. The maximum absolute atomic E-state index is 11.8. The Morgan fingerprint density at radius 2 is 2.00 bits per heavy atom. The van der Waals surface area contributed by atoms with Gasteiger partial charge in [-0.2, -0.15) is 5.10 Å². The average Bonchev–Trinajstić information content (AvgIpc) is 2.73. The number of aromatic nitrogens is 2. The molecule has 2 aromatic rings. The Morgan fingerprint density at radius 3 is 2.58 bits per heavy atom. The number of carbonyl (C=O) groups excluding carboxylic acids is 1. The summed E-state index contributed by atoms with van der Waals surface area (Å²) >= 11 is 0. The molecule has 1 aromatic carbocycles. The number of carbonyl (C=O) groups is 1. The van der Waals surface area contributed by atoms with Crippen LogP contribution in [-0.2, 0) is 18.2 Å². The summed E-state index contributed by atoms with van der Waals surface area (Å²) in [6.45, 7) is 0.291. The number of benzene rings is 1. The molecule has 1 aromatic heterocycles. The molecule has 6 heteroatoms. The maximum atomic E-state index is 11.8. The van der Waals surface area contributed by atoms with E-state index >= 15 is 0 Å². The molecule has 100 valence electrons. The molecule has 6 nitrogen and oxygen atoms in total. The van der Waals surface area contributed by atoms with Gasteiger partial charge in [0.1, 0.15) is 0 Å². The number of rotatable bonds is 4. The number of ether oxygens (including phenoxy) is 1. The summed E-state index contributed by atoms with van der Waals surface area (Å²) in [7, 11) is 1.84. The van der Waals surface area contributed by atoms with E-state index in [4.69, 9.17) is 16.2 Å². The van der Waals surface area contributed by atoms with Crippen molar-refractivity contribution in [2.75, 3.05) is 18.1 Å². The first-order valence-electron chi connectivity index (χ1n) is 5.85. The molecule has 0 saturated carbocycles. The van der Waals surface area contributed by atoms with Gasteiger partial charge in [0, 0.05) is 31.0 Å². The van der Waals surface area contributed by atoms with Crippen LogP contribution in [-0.4, -0.2) is 22.4 Å². The van der Waals surface area contributed by atoms with E-state index in [0.29, 0.717) is 30.0 Å². The molecular weight excluding hydrogens is 244 g/mol. The summed E-state index contributed by atoms with van der Waals surface area (Å²) in [5, 5.41) is 4.04. The van der Waals surface area contributed by atoms with E-state index < -0.39 is 5.97 Å². The summed E-state index contributed by atoms with van der Waals surface area (Å²) in [5.41, 5.74) is 13.5. The van der Waals surface area contributed by atoms with E-state index in [1.54, 1.807) is 29.1 Å². The van der Waals surface area contributed by atoms with Gasteiger partial charge in [0.05, 0.1) is 18.4 Å². The smallest absolute Gasteiger partial charge is 0.338 e. The molecule has 2 rings (SSSR count). The van der Waals surface area contributed by atoms with Crippen molar-refractivity contribution in [2.24, 2.45) is 7.05 Å². The molecule has 4 N–H and O–H groups in total. The lowest BCUT2D eigenvalue weighted by molar-refractivity contribution is 0.0509. The van der Waals surface area contributed by atoms with Gasteiger partial charge in [-0.3, -0.25) is 4.68 Å². The van der Waals surface area contributed by atoms with Crippen LogP contribution in [0.2, 0.25) is 0 Å². The van der Waals surface area contributed by atoms with E-state index in [0.717, 1.165) is 5.56 Å². The lowest BCUT2D eigenvalue weighted by atomic mass is 10.2. The summed E-state index contributed by atoms with van der Waals surface area (Å²) in [4.78, 5) is 11.8.